The molecule has 160 valence electrons. The molecule has 1 amide bonds. The molecule has 3 aromatic rings. The van der Waals surface area contributed by atoms with Crippen molar-refractivity contribution in [1.29, 1.82) is 0 Å². The van der Waals surface area contributed by atoms with Crippen molar-refractivity contribution >= 4 is 23.2 Å². The minimum atomic E-state index is -1.98. The molecule has 3 rings (SSSR count). The van der Waals surface area contributed by atoms with Gasteiger partial charge in [-0.25, -0.2) is 5.43 Å². The van der Waals surface area contributed by atoms with E-state index in [1.807, 2.05) is 0 Å². The first-order valence-corrected chi connectivity index (χ1v) is 9.88. The molecule has 0 aliphatic rings. The number of nitrogens with one attached hydrogen (secondary N) is 1. The van der Waals surface area contributed by atoms with Crippen LogP contribution in [0.4, 0.5) is 0 Å². The molecular weight excluding hydrogens is 416 g/mol. The van der Waals surface area contributed by atoms with Crippen molar-refractivity contribution in [1.82, 2.24) is 5.43 Å². The zero-order chi connectivity index (χ0) is 22.4. The van der Waals surface area contributed by atoms with Crippen LogP contribution < -0.4 is 14.9 Å². The average Bonchev–Trinajstić information content (AvgIpc) is 2.82. The van der Waals surface area contributed by atoms with Gasteiger partial charge in [0.1, 0.15) is 11.5 Å². The van der Waals surface area contributed by atoms with E-state index in [-0.39, 0.29) is 0 Å². The molecule has 0 bridgehead atoms. The molecule has 31 heavy (non-hydrogen) atoms. The lowest BCUT2D eigenvalue weighted by molar-refractivity contribution is -0.136. The Kier molecular flexibility index (Phi) is 6.95. The first-order valence-electron chi connectivity index (χ1n) is 9.50. The topological polar surface area (TPSA) is 80.2 Å². The number of benzene rings is 3. The fourth-order valence-electron chi connectivity index (χ4n) is 3.06. The van der Waals surface area contributed by atoms with Gasteiger partial charge in [-0.15, -0.1) is 0 Å². The first-order chi connectivity index (χ1) is 14.9. The highest BCUT2D eigenvalue weighted by molar-refractivity contribution is 6.30. The number of hydrogen-bond donors (Lipinski definition) is 2. The summed E-state index contributed by atoms with van der Waals surface area (Å²) in [5.74, 6) is 0.520. The molecular formula is C24H23ClN2O4. The second-order valence-electron chi connectivity index (χ2n) is 6.81. The summed E-state index contributed by atoms with van der Waals surface area (Å²) in [6, 6.07) is 20.3. The molecule has 0 saturated carbocycles. The number of nitrogens with zero attached hydrogens (tertiary/aromatic N) is 1. The Bertz CT molecular complexity index is 1010. The van der Waals surface area contributed by atoms with E-state index in [1.54, 1.807) is 93.9 Å². The second kappa shape index (κ2) is 9.64. The Morgan fingerprint density at radius 2 is 1.32 bits per heavy atom. The van der Waals surface area contributed by atoms with E-state index in [1.165, 1.54) is 0 Å². The van der Waals surface area contributed by atoms with Crippen molar-refractivity contribution < 1.29 is 19.4 Å². The smallest absolute Gasteiger partial charge is 0.281 e. The molecule has 0 spiro atoms. The molecule has 3 aromatic carbocycles. The van der Waals surface area contributed by atoms with Crippen molar-refractivity contribution in [2.75, 3.05) is 14.2 Å². The zero-order valence-electron chi connectivity index (χ0n) is 17.4. The second-order valence-corrected chi connectivity index (χ2v) is 7.25. The lowest BCUT2D eigenvalue weighted by Crippen LogP contribution is -2.43. The van der Waals surface area contributed by atoms with Gasteiger partial charge in [0.15, 0.2) is 5.60 Å². The fourth-order valence-corrected chi connectivity index (χ4v) is 3.19. The van der Waals surface area contributed by atoms with Crippen molar-refractivity contribution in [3.05, 3.63) is 94.5 Å². The number of halogens is 1. The average molecular weight is 439 g/mol. The van der Waals surface area contributed by atoms with Crippen LogP contribution in [0.25, 0.3) is 0 Å². The van der Waals surface area contributed by atoms with Crippen LogP contribution in [0.2, 0.25) is 5.02 Å². The molecule has 0 atom stereocenters. The first kappa shape index (κ1) is 22.3. The maximum absolute atomic E-state index is 13.2. The maximum Gasteiger partial charge on any atom is 0.281 e. The third-order valence-electron chi connectivity index (χ3n) is 4.93. The molecule has 0 heterocycles. The summed E-state index contributed by atoms with van der Waals surface area (Å²) in [6.07, 6.45) is 0. The highest BCUT2D eigenvalue weighted by Crippen LogP contribution is 2.32. The van der Waals surface area contributed by atoms with Crippen LogP contribution in [0.15, 0.2) is 77.9 Å². The number of hydrazone groups is 1. The van der Waals surface area contributed by atoms with Gasteiger partial charge in [0, 0.05) is 5.02 Å². The van der Waals surface area contributed by atoms with E-state index in [9.17, 15) is 9.90 Å². The lowest BCUT2D eigenvalue weighted by Gasteiger charge is -2.27. The normalized spacial score (nSPS) is 11.7. The zero-order valence-corrected chi connectivity index (χ0v) is 18.2. The third kappa shape index (κ3) is 4.87. The Balaban J connectivity index is 1.96. The summed E-state index contributed by atoms with van der Waals surface area (Å²) in [5, 5.41) is 16.4. The van der Waals surface area contributed by atoms with Crippen molar-refractivity contribution in [2.24, 2.45) is 5.10 Å². The van der Waals surface area contributed by atoms with Gasteiger partial charge < -0.3 is 14.6 Å². The predicted octanol–water partition coefficient (Wildman–Crippen LogP) is 4.13. The van der Waals surface area contributed by atoms with Crippen LogP contribution in [0.5, 0.6) is 11.5 Å². The summed E-state index contributed by atoms with van der Waals surface area (Å²) in [6.45, 7) is 1.75. The molecule has 0 radical (unpaired) electrons. The molecule has 7 heteroatoms. The number of amides is 1. The van der Waals surface area contributed by atoms with E-state index < -0.39 is 11.5 Å². The van der Waals surface area contributed by atoms with Gasteiger partial charge in [-0.2, -0.15) is 5.10 Å². The molecule has 2 N–H and O–H groups in total. The molecule has 0 aromatic heterocycles. The highest BCUT2D eigenvalue weighted by atomic mass is 35.5. The van der Waals surface area contributed by atoms with E-state index in [0.717, 1.165) is 5.56 Å². The van der Waals surface area contributed by atoms with Crippen LogP contribution >= 0.6 is 11.6 Å². The summed E-state index contributed by atoms with van der Waals surface area (Å²) in [4.78, 5) is 13.2. The van der Waals surface area contributed by atoms with Crippen LogP contribution in [0, 0.1) is 0 Å². The highest BCUT2D eigenvalue weighted by Gasteiger charge is 2.40. The Hall–Kier alpha value is -3.35. The van der Waals surface area contributed by atoms with Crippen LogP contribution in [-0.4, -0.2) is 30.9 Å². The lowest BCUT2D eigenvalue weighted by atomic mass is 9.85. The van der Waals surface area contributed by atoms with Gasteiger partial charge in [0.2, 0.25) is 0 Å². The standard InChI is InChI=1S/C24H23ClN2O4/c1-16(17-4-10-20(25)11-5-17)26-27-23(28)24(29,18-6-12-21(30-2)13-7-18)19-8-14-22(31-3)15-9-19/h4-15,29H,1-3H3,(H,27,28)/b26-16+. The van der Waals surface area contributed by atoms with Crippen molar-refractivity contribution in [3.8, 4) is 11.5 Å². The van der Waals surface area contributed by atoms with Gasteiger partial charge >= 0.3 is 0 Å². The Labute approximate surface area is 186 Å². The minimum absolute atomic E-state index is 0.371. The van der Waals surface area contributed by atoms with E-state index in [0.29, 0.717) is 33.4 Å². The van der Waals surface area contributed by atoms with E-state index in [4.69, 9.17) is 21.1 Å². The van der Waals surface area contributed by atoms with Crippen LogP contribution in [0.1, 0.15) is 23.6 Å². The summed E-state index contributed by atoms with van der Waals surface area (Å²) >= 11 is 5.92. The fraction of sp³-hybridized carbons (Fsp3) is 0.167. The van der Waals surface area contributed by atoms with Gasteiger partial charge in [0.05, 0.1) is 19.9 Å². The number of aliphatic hydroxyl groups is 1. The summed E-state index contributed by atoms with van der Waals surface area (Å²) < 4.78 is 10.4. The summed E-state index contributed by atoms with van der Waals surface area (Å²) in [7, 11) is 3.09. The predicted molar refractivity (Wildman–Crippen MR) is 121 cm³/mol. The van der Waals surface area contributed by atoms with Gasteiger partial charge in [-0.3, -0.25) is 4.79 Å². The number of hydrogen-bond acceptors (Lipinski definition) is 5. The molecule has 0 fully saturated rings. The Morgan fingerprint density at radius 3 is 1.74 bits per heavy atom. The van der Waals surface area contributed by atoms with Gasteiger partial charge in [-0.05, 0) is 60.0 Å². The molecule has 0 saturated heterocycles. The van der Waals surface area contributed by atoms with Crippen LogP contribution in [0.3, 0.4) is 0 Å². The SMILES string of the molecule is COc1ccc(C(O)(C(=O)N/N=C(\C)c2ccc(Cl)cc2)c2ccc(OC)cc2)cc1. The monoisotopic (exact) mass is 438 g/mol. The van der Waals surface area contributed by atoms with Crippen LogP contribution in [-0.2, 0) is 10.4 Å². The largest absolute Gasteiger partial charge is 0.497 e. The number of methoxy groups -OCH3 is 2. The molecule has 0 aliphatic heterocycles. The summed E-state index contributed by atoms with van der Waals surface area (Å²) in [5.41, 5.74) is 2.61. The van der Waals surface area contributed by atoms with E-state index >= 15 is 0 Å². The minimum Gasteiger partial charge on any atom is -0.497 e. The van der Waals surface area contributed by atoms with Gasteiger partial charge in [0.25, 0.3) is 5.91 Å². The number of rotatable bonds is 7. The van der Waals surface area contributed by atoms with E-state index in [2.05, 4.69) is 10.5 Å². The Morgan fingerprint density at radius 1 is 0.871 bits per heavy atom. The number of carbonyl (C=O) groups is 1. The van der Waals surface area contributed by atoms with Crippen molar-refractivity contribution in [3.63, 3.8) is 0 Å². The number of ether oxygens (including phenoxy) is 2. The van der Waals surface area contributed by atoms with Gasteiger partial charge in [-0.1, -0.05) is 48.0 Å². The number of carbonyl (C=O) groups excluding carboxylic acids is 1. The quantitative estimate of drug-likeness (QED) is 0.429. The molecule has 0 unspecified atom stereocenters. The maximum atomic E-state index is 13.2. The molecule has 0 aliphatic carbocycles. The van der Waals surface area contributed by atoms with Crippen molar-refractivity contribution in [2.45, 2.75) is 12.5 Å². The third-order valence-corrected chi connectivity index (χ3v) is 5.18. The molecule has 6 nitrogen and oxygen atoms in total.